The number of nitrogen functional groups attached to an aromatic ring is 1. The van der Waals surface area contributed by atoms with Crippen molar-refractivity contribution in [2.75, 3.05) is 12.3 Å². The lowest BCUT2D eigenvalue weighted by Crippen LogP contribution is -2.47. The number of ether oxygens (including phenoxy) is 1. The van der Waals surface area contributed by atoms with Crippen LogP contribution in [0.5, 0.6) is 0 Å². The average molecular weight is 304 g/mol. The molecule has 1 aliphatic rings. The average Bonchev–Trinajstić information content (AvgIpc) is 2.61. The van der Waals surface area contributed by atoms with Crippen LogP contribution in [0.1, 0.15) is 6.23 Å². The Balaban J connectivity index is 2.55. The van der Waals surface area contributed by atoms with E-state index in [1.54, 1.807) is 0 Å². The van der Waals surface area contributed by atoms with Crippen molar-refractivity contribution in [1.29, 1.82) is 0 Å². The van der Waals surface area contributed by atoms with Crippen LogP contribution in [0.25, 0.3) is 10.4 Å². The van der Waals surface area contributed by atoms with Crippen molar-refractivity contribution in [2.45, 2.75) is 24.0 Å². The minimum absolute atomic E-state index is 0.193. The molecular weight excluding hydrogens is 294 g/mol. The first-order valence-corrected chi connectivity index (χ1v) is 5.54. The molecule has 114 valence electrons. The van der Waals surface area contributed by atoms with E-state index in [-0.39, 0.29) is 5.82 Å². The van der Waals surface area contributed by atoms with Crippen LogP contribution in [0.3, 0.4) is 0 Å². The molecule has 2 rings (SSSR count). The van der Waals surface area contributed by atoms with Gasteiger partial charge < -0.3 is 20.7 Å². The van der Waals surface area contributed by atoms with E-state index in [4.69, 9.17) is 21.1 Å². The van der Waals surface area contributed by atoms with Gasteiger partial charge in [0.25, 0.3) is 0 Å². The third-order valence-corrected chi connectivity index (χ3v) is 2.98. The van der Waals surface area contributed by atoms with Gasteiger partial charge in [0.1, 0.15) is 5.82 Å². The molecule has 0 bridgehead atoms. The van der Waals surface area contributed by atoms with Gasteiger partial charge in [-0.25, -0.2) is 4.79 Å². The molecule has 0 spiro atoms. The van der Waals surface area contributed by atoms with Gasteiger partial charge >= 0.3 is 11.6 Å². The molecule has 1 aromatic heterocycles. The summed E-state index contributed by atoms with van der Waals surface area (Å²) in [6.45, 7) is -1.21. The second kappa shape index (κ2) is 4.93. The standard InChI is InChI=1S/C9H10F2N6O4/c10-9(11)5(19)8(3-18,15-16-13)21-6(9)17-2-1-4(12)14-7(17)20/h1-2,5-6,18-19H,3H2,(H2,12,14,20)/t5-,6-,8-/m1/s1. The number of azide groups is 1. The molecule has 21 heavy (non-hydrogen) atoms. The van der Waals surface area contributed by atoms with Gasteiger partial charge in [0.15, 0.2) is 6.10 Å². The number of aromatic nitrogens is 2. The number of rotatable bonds is 3. The molecule has 1 fully saturated rings. The summed E-state index contributed by atoms with van der Waals surface area (Å²) >= 11 is 0. The number of alkyl halides is 2. The first-order chi connectivity index (χ1) is 9.78. The number of halogens is 2. The number of anilines is 1. The summed E-state index contributed by atoms with van der Waals surface area (Å²) in [5.74, 6) is -4.21. The molecule has 12 heteroatoms. The minimum atomic E-state index is -4.02. The van der Waals surface area contributed by atoms with E-state index in [9.17, 15) is 18.7 Å². The largest absolute Gasteiger partial charge is 0.393 e. The van der Waals surface area contributed by atoms with E-state index in [0.29, 0.717) is 4.57 Å². The maximum Gasteiger partial charge on any atom is 0.351 e. The van der Waals surface area contributed by atoms with Crippen molar-refractivity contribution in [2.24, 2.45) is 5.11 Å². The zero-order valence-electron chi connectivity index (χ0n) is 10.3. The lowest BCUT2D eigenvalue weighted by molar-refractivity contribution is -0.144. The number of hydrogen-bond acceptors (Lipinski definition) is 7. The number of aliphatic hydroxyl groups is 2. The van der Waals surface area contributed by atoms with Crippen LogP contribution >= 0.6 is 0 Å². The molecule has 2 heterocycles. The summed E-state index contributed by atoms with van der Waals surface area (Å²) in [5, 5.41) is 21.6. The molecule has 3 atom stereocenters. The highest BCUT2D eigenvalue weighted by molar-refractivity contribution is 5.24. The molecule has 1 saturated heterocycles. The Morgan fingerprint density at radius 3 is 2.86 bits per heavy atom. The molecule has 1 aliphatic heterocycles. The topological polar surface area (TPSA) is 159 Å². The van der Waals surface area contributed by atoms with Crippen LogP contribution in [0.2, 0.25) is 0 Å². The van der Waals surface area contributed by atoms with E-state index in [1.165, 1.54) is 0 Å². The van der Waals surface area contributed by atoms with Crippen LogP contribution in [-0.2, 0) is 4.74 Å². The number of hydrogen-bond donors (Lipinski definition) is 3. The fourth-order valence-electron chi connectivity index (χ4n) is 1.93. The highest BCUT2D eigenvalue weighted by Crippen LogP contribution is 2.48. The Labute approximate surface area is 115 Å². The van der Waals surface area contributed by atoms with Gasteiger partial charge in [0.05, 0.1) is 6.61 Å². The lowest BCUT2D eigenvalue weighted by Gasteiger charge is -2.23. The molecule has 0 aliphatic carbocycles. The van der Waals surface area contributed by atoms with Gasteiger partial charge in [-0.2, -0.15) is 13.8 Å². The summed E-state index contributed by atoms with van der Waals surface area (Å²) in [6.07, 6.45) is -4.08. The van der Waals surface area contributed by atoms with E-state index < -0.39 is 36.3 Å². The van der Waals surface area contributed by atoms with Crippen LogP contribution in [0, 0.1) is 0 Å². The maximum absolute atomic E-state index is 14.1. The first-order valence-electron chi connectivity index (χ1n) is 5.54. The Kier molecular flexibility index (Phi) is 3.55. The monoisotopic (exact) mass is 304 g/mol. The quantitative estimate of drug-likeness (QED) is 0.382. The van der Waals surface area contributed by atoms with E-state index in [1.807, 2.05) is 0 Å². The molecule has 4 N–H and O–H groups in total. The summed E-state index contributed by atoms with van der Waals surface area (Å²) < 4.78 is 33.3. The third kappa shape index (κ3) is 2.19. The van der Waals surface area contributed by atoms with Crippen molar-refractivity contribution in [3.05, 3.63) is 33.2 Å². The fourth-order valence-corrected chi connectivity index (χ4v) is 1.93. The van der Waals surface area contributed by atoms with Gasteiger partial charge in [-0.3, -0.25) is 4.57 Å². The molecule has 10 nitrogen and oxygen atoms in total. The zero-order valence-corrected chi connectivity index (χ0v) is 10.3. The van der Waals surface area contributed by atoms with Gasteiger partial charge in [-0.1, -0.05) is 5.11 Å². The van der Waals surface area contributed by atoms with E-state index in [2.05, 4.69) is 15.0 Å². The van der Waals surface area contributed by atoms with Crippen molar-refractivity contribution in [3.63, 3.8) is 0 Å². The van der Waals surface area contributed by atoms with Gasteiger partial charge in [-0.05, 0) is 11.6 Å². The van der Waals surface area contributed by atoms with Gasteiger partial charge in [-0.15, -0.1) is 0 Å². The van der Waals surface area contributed by atoms with Gasteiger partial charge in [0.2, 0.25) is 12.0 Å². The number of aliphatic hydroxyl groups excluding tert-OH is 2. The molecule has 0 saturated carbocycles. The smallest absolute Gasteiger partial charge is 0.351 e. The molecule has 0 aromatic carbocycles. The summed E-state index contributed by atoms with van der Waals surface area (Å²) in [7, 11) is 0. The summed E-state index contributed by atoms with van der Waals surface area (Å²) in [4.78, 5) is 17.1. The Bertz CT molecular complexity index is 660. The number of nitrogens with two attached hydrogens (primary N) is 1. The normalized spacial score (nSPS) is 30.9. The molecule has 1 aromatic rings. The maximum atomic E-state index is 14.1. The lowest BCUT2D eigenvalue weighted by atomic mass is 10.1. The highest BCUT2D eigenvalue weighted by Gasteiger charge is 2.67. The second-order valence-corrected chi connectivity index (χ2v) is 4.28. The molecule has 0 unspecified atom stereocenters. The minimum Gasteiger partial charge on any atom is -0.393 e. The van der Waals surface area contributed by atoms with Crippen molar-refractivity contribution >= 4 is 5.82 Å². The first kappa shape index (κ1) is 15.1. The fraction of sp³-hybridized carbons (Fsp3) is 0.556. The predicted octanol–water partition coefficient (Wildman–Crippen LogP) is -0.651. The Hall–Kier alpha value is -2.27. The summed E-state index contributed by atoms with van der Waals surface area (Å²) in [6, 6.07) is 1.07. The predicted molar refractivity (Wildman–Crippen MR) is 62.9 cm³/mol. The third-order valence-electron chi connectivity index (χ3n) is 2.98. The van der Waals surface area contributed by atoms with E-state index >= 15 is 0 Å². The van der Waals surface area contributed by atoms with E-state index in [0.717, 1.165) is 12.3 Å². The second-order valence-electron chi connectivity index (χ2n) is 4.28. The zero-order chi connectivity index (χ0) is 15.8. The van der Waals surface area contributed by atoms with Crippen LogP contribution in [-0.4, -0.2) is 44.1 Å². The summed E-state index contributed by atoms with van der Waals surface area (Å²) in [5.41, 5.74) is 9.85. The van der Waals surface area contributed by atoms with Crippen molar-refractivity contribution in [1.82, 2.24) is 9.55 Å². The Morgan fingerprint density at radius 2 is 2.33 bits per heavy atom. The molecule has 0 radical (unpaired) electrons. The van der Waals surface area contributed by atoms with Crippen LogP contribution in [0.15, 0.2) is 22.2 Å². The highest BCUT2D eigenvalue weighted by atomic mass is 19.3. The van der Waals surface area contributed by atoms with Crippen molar-refractivity contribution in [3.8, 4) is 0 Å². The molecule has 0 amide bonds. The SMILES string of the molecule is [N-]=[N+]=N[C@]1(CO)O[C@@H](n2ccc(N)nc2=O)C(F)(F)[C@@H]1O. The Morgan fingerprint density at radius 1 is 1.67 bits per heavy atom. The van der Waals surface area contributed by atoms with Crippen LogP contribution in [0.4, 0.5) is 14.6 Å². The number of nitrogens with zero attached hydrogens (tertiary/aromatic N) is 5. The molecular formula is C9H10F2N6O4. The van der Waals surface area contributed by atoms with Crippen LogP contribution < -0.4 is 11.4 Å². The van der Waals surface area contributed by atoms with Gasteiger partial charge in [0, 0.05) is 11.1 Å². The van der Waals surface area contributed by atoms with Crippen molar-refractivity contribution < 1.29 is 23.7 Å².